The lowest BCUT2D eigenvalue weighted by Gasteiger charge is -2.36. The van der Waals surface area contributed by atoms with E-state index in [1.54, 1.807) is 18.1 Å². The van der Waals surface area contributed by atoms with Crippen LogP contribution < -0.4 is 10.5 Å². The van der Waals surface area contributed by atoms with Gasteiger partial charge in [-0.2, -0.15) is 5.10 Å². The number of nitrogens with one attached hydrogen (secondary N) is 1. The van der Waals surface area contributed by atoms with Crippen LogP contribution in [0.2, 0.25) is 5.15 Å². The Labute approximate surface area is 184 Å². The summed E-state index contributed by atoms with van der Waals surface area (Å²) in [6, 6.07) is 5.68. The third kappa shape index (κ3) is 4.36. The fourth-order valence-electron chi connectivity index (χ4n) is 3.51. The van der Waals surface area contributed by atoms with Gasteiger partial charge >= 0.3 is 6.09 Å². The van der Waals surface area contributed by atoms with E-state index < -0.39 is 5.60 Å². The highest BCUT2D eigenvalue weighted by molar-refractivity contribution is 6.34. The number of nitrogens with zero attached hydrogens (tertiary/aromatic N) is 5. The van der Waals surface area contributed by atoms with Gasteiger partial charge in [0.1, 0.15) is 16.9 Å². The van der Waals surface area contributed by atoms with E-state index in [4.69, 9.17) is 16.3 Å². The van der Waals surface area contributed by atoms with Crippen molar-refractivity contribution in [3.63, 3.8) is 0 Å². The third-order valence-corrected chi connectivity index (χ3v) is 5.38. The number of aromatic amines is 1. The van der Waals surface area contributed by atoms with Gasteiger partial charge in [-0.15, -0.1) is 0 Å². The van der Waals surface area contributed by atoms with E-state index in [2.05, 4.69) is 20.0 Å². The molecule has 1 N–H and O–H groups in total. The molecule has 1 saturated heterocycles. The molecule has 0 bridgehead atoms. The number of hydrogen-bond donors (Lipinski definition) is 1. The van der Waals surface area contributed by atoms with Crippen LogP contribution >= 0.6 is 11.6 Å². The summed E-state index contributed by atoms with van der Waals surface area (Å²) in [6.45, 7) is 8.10. The fraction of sp³-hybridized carbons (Fsp3) is 0.429. The molecular weight excluding hydrogens is 420 g/mol. The van der Waals surface area contributed by atoms with Crippen LogP contribution in [0, 0.1) is 0 Å². The molecule has 0 aliphatic carbocycles. The van der Waals surface area contributed by atoms with Gasteiger partial charge in [0.2, 0.25) is 0 Å². The first-order chi connectivity index (χ1) is 14.6. The van der Waals surface area contributed by atoms with Gasteiger partial charge in [-0.25, -0.2) is 14.5 Å². The van der Waals surface area contributed by atoms with Crippen molar-refractivity contribution in [1.82, 2.24) is 24.6 Å². The molecule has 10 heteroatoms. The van der Waals surface area contributed by atoms with E-state index in [0.717, 1.165) is 17.1 Å². The van der Waals surface area contributed by atoms with Gasteiger partial charge in [0.15, 0.2) is 5.15 Å². The zero-order valence-corrected chi connectivity index (χ0v) is 18.7. The molecule has 0 spiro atoms. The molecule has 0 atom stereocenters. The summed E-state index contributed by atoms with van der Waals surface area (Å²) in [5, 5.41) is 4.87. The summed E-state index contributed by atoms with van der Waals surface area (Å²) in [4.78, 5) is 36.1. The molecular formula is C21H25ClN6O3. The van der Waals surface area contributed by atoms with Crippen LogP contribution in [0.5, 0.6) is 0 Å². The Balaban J connectivity index is 1.47. The largest absolute Gasteiger partial charge is 0.444 e. The van der Waals surface area contributed by atoms with E-state index >= 15 is 0 Å². The average molecular weight is 445 g/mol. The predicted molar refractivity (Wildman–Crippen MR) is 120 cm³/mol. The lowest BCUT2D eigenvalue weighted by atomic mass is 10.2. The molecule has 4 heterocycles. The van der Waals surface area contributed by atoms with Crippen molar-refractivity contribution in [2.24, 2.45) is 7.05 Å². The molecule has 164 valence electrons. The molecule has 1 amide bonds. The first kappa shape index (κ1) is 21.2. The highest BCUT2D eigenvalue weighted by atomic mass is 35.5. The number of anilines is 1. The van der Waals surface area contributed by atoms with Gasteiger partial charge in [-0.3, -0.25) is 4.79 Å². The summed E-state index contributed by atoms with van der Waals surface area (Å²) in [5.41, 5.74) is 1.26. The number of hydrogen-bond acceptors (Lipinski definition) is 6. The number of carbonyl (C=O) groups excluding carboxylic acids is 1. The second-order valence-electron chi connectivity index (χ2n) is 8.55. The number of piperazine rings is 1. The Morgan fingerprint density at radius 1 is 1.19 bits per heavy atom. The number of rotatable bonds is 2. The Bertz CT molecular complexity index is 1170. The Morgan fingerprint density at radius 3 is 2.52 bits per heavy atom. The van der Waals surface area contributed by atoms with E-state index in [-0.39, 0.29) is 16.8 Å². The maximum Gasteiger partial charge on any atom is 0.410 e. The lowest BCUT2D eigenvalue weighted by Crippen LogP contribution is -2.50. The van der Waals surface area contributed by atoms with E-state index in [1.165, 1.54) is 4.68 Å². The summed E-state index contributed by atoms with van der Waals surface area (Å²) < 4.78 is 6.66. The number of carbonyl (C=O) groups is 1. The number of fused-ring (bicyclic) bond motifs is 1. The number of aromatic nitrogens is 4. The van der Waals surface area contributed by atoms with E-state index in [0.29, 0.717) is 37.1 Å². The standard InChI is InChI=1S/C21H25ClN6O3/c1-21(2,3)31-20(30)28-9-7-27(8-10-28)16-6-5-13(12-23-16)15-11-14-17(24-15)19(29)26(4)25-18(14)22/h5-6,11-12,24H,7-10H2,1-4H3. The van der Waals surface area contributed by atoms with Crippen molar-refractivity contribution in [3.8, 4) is 11.3 Å². The number of ether oxygens (including phenoxy) is 1. The second kappa shape index (κ2) is 7.88. The number of aryl methyl sites for hydroxylation is 1. The van der Waals surface area contributed by atoms with Gasteiger partial charge in [-0.1, -0.05) is 11.6 Å². The van der Waals surface area contributed by atoms with Crippen LogP contribution in [0.1, 0.15) is 20.8 Å². The molecule has 4 rings (SSSR count). The van der Waals surface area contributed by atoms with Crippen LogP contribution in [0.3, 0.4) is 0 Å². The van der Waals surface area contributed by atoms with Gasteiger partial charge < -0.3 is 19.5 Å². The van der Waals surface area contributed by atoms with Crippen LogP contribution in [0.15, 0.2) is 29.2 Å². The molecule has 0 radical (unpaired) electrons. The Kier molecular flexibility index (Phi) is 5.38. The van der Waals surface area contributed by atoms with Crippen molar-refractivity contribution >= 4 is 34.4 Å². The topological polar surface area (TPSA) is 96.3 Å². The SMILES string of the molecule is Cn1nc(Cl)c2cc(-c3ccc(N4CCN(C(=O)OC(C)(C)C)CC4)nc3)[nH]c2c1=O. The Hall–Kier alpha value is -3.07. The van der Waals surface area contributed by atoms with Crippen molar-refractivity contribution in [2.75, 3.05) is 31.1 Å². The molecule has 3 aromatic rings. The zero-order valence-electron chi connectivity index (χ0n) is 18.0. The maximum absolute atomic E-state index is 12.3. The van der Waals surface area contributed by atoms with Crippen LogP contribution in [-0.4, -0.2) is 62.5 Å². The molecule has 9 nitrogen and oxygen atoms in total. The smallest absolute Gasteiger partial charge is 0.410 e. The summed E-state index contributed by atoms with van der Waals surface area (Å²) in [7, 11) is 1.56. The van der Waals surface area contributed by atoms with Crippen molar-refractivity contribution in [3.05, 3.63) is 39.9 Å². The number of halogens is 1. The summed E-state index contributed by atoms with van der Waals surface area (Å²) >= 11 is 6.18. The van der Waals surface area contributed by atoms with Crippen LogP contribution in [0.4, 0.5) is 10.6 Å². The van der Waals surface area contributed by atoms with Gasteiger partial charge in [-0.05, 0) is 39.0 Å². The predicted octanol–water partition coefficient (Wildman–Crippen LogP) is 3.03. The minimum atomic E-state index is -0.501. The van der Waals surface area contributed by atoms with Crippen molar-refractivity contribution < 1.29 is 9.53 Å². The first-order valence-corrected chi connectivity index (χ1v) is 10.4. The molecule has 3 aromatic heterocycles. The molecule has 1 aliphatic rings. The maximum atomic E-state index is 12.3. The van der Waals surface area contributed by atoms with Crippen molar-refractivity contribution in [2.45, 2.75) is 26.4 Å². The Morgan fingerprint density at radius 2 is 1.90 bits per heavy atom. The van der Waals surface area contributed by atoms with Crippen molar-refractivity contribution in [1.29, 1.82) is 0 Å². The summed E-state index contributed by atoms with van der Waals surface area (Å²) in [6.07, 6.45) is 1.47. The minimum absolute atomic E-state index is 0.238. The number of amides is 1. The lowest BCUT2D eigenvalue weighted by molar-refractivity contribution is 0.0240. The molecule has 0 aromatic carbocycles. The molecule has 0 unspecified atom stereocenters. The molecule has 0 saturated carbocycles. The highest BCUT2D eigenvalue weighted by Gasteiger charge is 2.26. The first-order valence-electron chi connectivity index (χ1n) is 10.1. The number of H-pyrrole nitrogens is 1. The van der Waals surface area contributed by atoms with Gasteiger partial charge in [0.05, 0.1) is 0 Å². The molecule has 31 heavy (non-hydrogen) atoms. The average Bonchev–Trinajstić information content (AvgIpc) is 3.17. The van der Waals surface area contributed by atoms with E-state index in [1.807, 2.05) is 39.0 Å². The van der Waals surface area contributed by atoms with Gasteiger partial charge in [0.25, 0.3) is 5.56 Å². The second-order valence-corrected chi connectivity index (χ2v) is 8.91. The highest BCUT2D eigenvalue weighted by Crippen LogP contribution is 2.27. The number of pyridine rings is 1. The van der Waals surface area contributed by atoms with Crippen LogP contribution in [0.25, 0.3) is 22.2 Å². The summed E-state index contributed by atoms with van der Waals surface area (Å²) in [5.74, 6) is 0.833. The minimum Gasteiger partial charge on any atom is -0.444 e. The van der Waals surface area contributed by atoms with Crippen LogP contribution in [-0.2, 0) is 11.8 Å². The van der Waals surface area contributed by atoms with E-state index in [9.17, 15) is 9.59 Å². The van der Waals surface area contributed by atoms with Gasteiger partial charge in [0, 0.05) is 56.1 Å². The zero-order chi connectivity index (χ0) is 22.3. The third-order valence-electron chi connectivity index (χ3n) is 5.10. The normalized spacial score (nSPS) is 14.9. The molecule has 1 aliphatic heterocycles. The molecule has 1 fully saturated rings. The monoisotopic (exact) mass is 444 g/mol. The quantitative estimate of drug-likeness (QED) is 0.652. The fourth-order valence-corrected chi connectivity index (χ4v) is 3.77.